The standard InChI is InChI=1S/C94H75BN4S2/c1-92(2,3)62-50-71(58-30-14-10-15-31-58)86(72(51-62)59-32-16-11-17-33-59)98-79-56-65(96-77-42-26-22-38-67(77)90-88(96)69-40-24-28-44-83(69)100-90)46-48-75(79)95-76-49-47-66(97-78-43-27-23-39-68(78)91-89(97)70-41-25-29-45-84(70)101-91)57-80(76)99(82-55-64(94(7,8)9)54-81(98)85(82)95)87-73(60-34-18-12-19-35-60)52-63(93(4,5)6)53-74(87)61-36-20-13-21-37-61/h10-57H,1-9H3/i46D,47D,48D,49D,56D,57D. The third-order valence-corrected chi connectivity index (χ3v) is 23.3. The van der Waals surface area contributed by atoms with Crippen LogP contribution in [0.3, 0.4) is 0 Å². The molecule has 0 N–H and O–H groups in total. The number of benzene rings is 13. The number of thiophene rings is 2. The van der Waals surface area contributed by atoms with Crippen molar-refractivity contribution in [1.82, 2.24) is 9.13 Å². The van der Waals surface area contributed by atoms with Crippen molar-refractivity contribution in [3.8, 4) is 55.9 Å². The first kappa shape index (κ1) is 54.9. The quantitative estimate of drug-likeness (QED) is 0.141. The summed E-state index contributed by atoms with van der Waals surface area (Å²) >= 11 is 3.39. The zero-order valence-corrected chi connectivity index (χ0v) is 59.6. The Kier molecular flexibility index (Phi) is 12.4. The summed E-state index contributed by atoms with van der Waals surface area (Å²) in [5.41, 5.74) is 18.3. The third-order valence-electron chi connectivity index (χ3n) is 21.0. The van der Waals surface area contributed by atoms with Gasteiger partial charge in [0.2, 0.25) is 0 Å². The van der Waals surface area contributed by atoms with Gasteiger partial charge in [-0.3, -0.25) is 0 Å². The van der Waals surface area contributed by atoms with E-state index >= 15 is 0 Å². The van der Waals surface area contributed by atoms with Crippen LogP contribution in [-0.2, 0) is 16.2 Å². The lowest BCUT2D eigenvalue weighted by molar-refractivity contribution is 0.590. The average molecular weight is 1340 g/mol. The van der Waals surface area contributed by atoms with Crippen molar-refractivity contribution in [3.63, 3.8) is 0 Å². The molecule has 13 aromatic carbocycles. The summed E-state index contributed by atoms with van der Waals surface area (Å²) in [6, 6.07) is 88.9. The van der Waals surface area contributed by atoms with E-state index in [2.05, 4.69) is 275 Å². The fourth-order valence-corrected chi connectivity index (χ4v) is 18.4. The average Bonchev–Trinajstić information content (AvgIpc) is 0.864. The molecule has 4 aromatic heterocycles. The van der Waals surface area contributed by atoms with Gasteiger partial charge in [-0.05, 0) is 156 Å². The number of fused-ring (bicyclic) bond motifs is 14. The van der Waals surface area contributed by atoms with E-state index in [4.69, 9.17) is 0 Å². The molecule has 0 aliphatic carbocycles. The smallest absolute Gasteiger partial charge is 0.252 e. The Balaban J connectivity index is 1.06. The van der Waals surface area contributed by atoms with Crippen molar-refractivity contribution >= 4 is 142 Å². The number of para-hydroxylation sites is 2. The molecule has 0 spiro atoms. The largest absolute Gasteiger partial charge is 0.310 e. The van der Waals surface area contributed by atoms with E-state index < -0.39 is 12.1 Å². The summed E-state index contributed by atoms with van der Waals surface area (Å²) in [6.45, 7) is 19.2. The number of hydrogen-bond donors (Lipinski definition) is 0. The van der Waals surface area contributed by atoms with E-state index in [0.29, 0.717) is 22.3 Å². The maximum atomic E-state index is 11.8. The van der Waals surface area contributed by atoms with Crippen molar-refractivity contribution in [2.24, 2.45) is 0 Å². The van der Waals surface area contributed by atoms with Crippen molar-refractivity contribution < 1.29 is 8.22 Å². The maximum absolute atomic E-state index is 11.8. The molecule has 101 heavy (non-hydrogen) atoms. The summed E-state index contributed by atoms with van der Waals surface area (Å²) in [4.78, 5) is 4.59. The lowest BCUT2D eigenvalue weighted by atomic mass is 9.33. The zero-order valence-electron chi connectivity index (χ0n) is 63.9. The second-order valence-electron chi connectivity index (χ2n) is 30.3. The van der Waals surface area contributed by atoms with Gasteiger partial charge in [0.05, 0.1) is 51.1 Å². The van der Waals surface area contributed by atoms with E-state index in [1.807, 2.05) is 60.7 Å². The first-order valence-electron chi connectivity index (χ1n) is 38.0. The molecule has 0 saturated carbocycles. The second kappa shape index (κ2) is 22.8. The molecule has 2 aliphatic rings. The van der Waals surface area contributed by atoms with Gasteiger partial charge in [0.25, 0.3) is 6.71 Å². The molecule has 4 nitrogen and oxygen atoms in total. The highest BCUT2D eigenvalue weighted by atomic mass is 32.1. The molecule has 7 heteroatoms. The first-order chi connectivity index (χ1) is 51.6. The van der Waals surface area contributed by atoms with E-state index in [-0.39, 0.29) is 58.5 Å². The van der Waals surface area contributed by atoms with Crippen molar-refractivity contribution in [2.75, 3.05) is 9.80 Å². The van der Waals surface area contributed by atoms with Gasteiger partial charge < -0.3 is 18.9 Å². The van der Waals surface area contributed by atoms with Crippen molar-refractivity contribution in [2.45, 2.75) is 78.6 Å². The van der Waals surface area contributed by atoms with Crippen molar-refractivity contribution in [3.05, 3.63) is 308 Å². The minimum Gasteiger partial charge on any atom is -0.310 e. The van der Waals surface area contributed by atoms with Gasteiger partial charge in [0.15, 0.2) is 0 Å². The SMILES string of the molecule is [2H]c1c([2H])c(-n2c3ccccc3c3sc4ccccc4c32)c([2H])c2c1B1c3c(cc(C(C)(C)C)cc3N(c3c(-c4ccccc4)cc(C(C)(C)C)cc3-c3ccccc3)c3c([2H])c(-n4c5ccccc5c5sc6ccccc6c54)c([2H])c([2H])c31)N2c1c(-c2ccccc2)cc(C(C)(C)C)cc1-c1ccccc1. The number of nitrogens with zero attached hydrogens (tertiary/aromatic N) is 4. The first-order valence-corrected chi connectivity index (χ1v) is 36.7. The minimum atomic E-state index is -1.12. The zero-order chi connectivity index (χ0) is 73.6. The molecule has 6 heterocycles. The van der Waals surface area contributed by atoms with Gasteiger partial charge in [-0.2, -0.15) is 0 Å². The van der Waals surface area contributed by atoms with Crippen LogP contribution in [0.25, 0.3) is 118 Å². The molecule has 0 fully saturated rings. The Morgan fingerprint density at radius 2 is 0.634 bits per heavy atom. The molecule has 0 amide bonds. The molecule has 0 radical (unpaired) electrons. The Morgan fingerprint density at radius 3 is 0.980 bits per heavy atom. The van der Waals surface area contributed by atoms with E-state index in [9.17, 15) is 8.22 Å². The molecule has 486 valence electrons. The molecular formula is C94H75BN4S2. The van der Waals surface area contributed by atoms with Crippen LogP contribution in [-0.4, -0.2) is 15.8 Å². The highest BCUT2D eigenvalue weighted by molar-refractivity contribution is 7.27. The third kappa shape index (κ3) is 9.60. The van der Waals surface area contributed by atoms with Crippen LogP contribution in [0, 0.1) is 0 Å². The molecular weight excluding hydrogens is 1260 g/mol. The predicted octanol–water partition coefficient (Wildman–Crippen LogP) is 25.0. The molecule has 17 aromatic rings. The highest BCUT2D eigenvalue weighted by Crippen LogP contribution is 2.56. The summed E-state index contributed by atoms with van der Waals surface area (Å²) in [5, 5.41) is 3.92. The summed E-state index contributed by atoms with van der Waals surface area (Å²) in [7, 11) is 0. The predicted molar refractivity (Wildman–Crippen MR) is 438 cm³/mol. The van der Waals surface area contributed by atoms with Gasteiger partial charge >= 0.3 is 0 Å². The number of hydrogen-bond acceptors (Lipinski definition) is 4. The number of rotatable bonds is 8. The van der Waals surface area contributed by atoms with Crippen LogP contribution >= 0.6 is 22.7 Å². The Bertz CT molecular complexity index is 6070. The molecule has 2 aliphatic heterocycles. The van der Waals surface area contributed by atoms with E-state index in [1.165, 1.54) is 0 Å². The molecule has 0 unspecified atom stereocenters. The monoisotopic (exact) mass is 1340 g/mol. The number of aromatic nitrogens is 2. The maximum Gasteiger partial charge on any atom is 0.252 e. The Morgan fingerprint density at radius 1 is 0.327 bits per heavy atom. The van der Waals surface area contributed by atoms with E-state index in [1.54, 1.807) is 22.7 Å². The van der Waals surface area contributed by atoms with Gasteiger partial charge in [-0.15, -0.1) is 22.7 Å². The summed E-state index contributed by atoms with van der Waals surface area (Å²) < 4.78 is 77.2. The molecule has 0 atom stereocenters. The molecule has 0 bridgehead atoms. The van der Waals surface area contributed by atoms with Crippen LogP contribution in [0.15, 0.2) is 291 Å². The van der Waals surface area contributed by atoms with E-state index in [0.717, 1.165) is 152 Å². The van der Waals surface area contributed by atoms with Crippen LogP contribution < -0.4 is 26.2 Å². The minimum absolute atomic E-state index is 0.0237. The molecule has 19 rings (SSSR count). The normalized spacial score (nSPS) is 14.0. The van der Waals surface area contributed by atoms with Crippen LogP contribution in [0.1, 0.15) is 87.2 Å². The highest BCUT2D eigenvalue weighted by Gasteiger charge is 2.47. The summed E-state index contributed by atoms with van der Waals surface area (Å²) in [5.74, 6) is 0. The number of anilines is 6. The Labute approximate surface area is 607 Å². The topological polar surface area (TPSA) is 16.3 Å². The lowest BCUT2D eigenvalue weighted by Crippen LogP contribution is -2.61. The Hall–Kier alpha value is -11.0. The van der Waals surface area contributed by atoms with Crippen LogP contribution in [0.5, 0.6) is 0 Å². The van der Waals surface area contributed by atoms with Gasteiger partial charge in [0.1, 0.15) is 0 Å². The van der Waals surface area contributed by atoms with Crippen LogP contribution in [0.4, 0.5) is 34.1 Å². The van der Waals surface area contributed by atoms with Crippen molar-refractivity contribution in [1.29, 1.82) is 0 Å². The van der Waals surface area contributed by atoms with Gasteiger partial charge in [0, 0.05) is 87.3 Å². The van der Waals surface area contributed by atoms with Gasteiger partial charge in [-0.1, -0.05) is 269 Å². The van der Waals surface area contributed by atoms with Gasteiger partial charge in [-0.25, -0.2) is 0 Å². The second-order valence-corrected chi connectivity index (χ2v) is 32.4. The summed E-state index contributed by atoms with van der Waals surface area (Å²) in [6.07, 6.45) is 0. The lowest BCUT2D eigenvalue weighted by Gasteiger charge is -2.47. The van der Waals surface area contributed by atoms with Crippen LogP contribution in [0.2, 0.25) is 0 Å². The molecule has 0 saturated heterocycles. The fourth-order valence-electron chi connectivity index (χ4n) is 15.9. The fraction of sp³-hybridized carbons (Fsp3) is 0.128.